The number of aromatic nitrogens is 4. The molecule has 0 bridgehead atoms. The van der Waals surface area contributed by atoms with Gasteiger partial charge in [0.25, 0.3) is 5.56 Å². The molecule has 5 aromatic rings. The number of para-hydroxylation sites is 2. The molecule has 3 aromatic heterocycles. The van der Waals surface area contributed by atoms with Crippen LogP contribution in [0, 0.1) is 0 Å². The first-order valence-electron chi connectivity index (χ1n) is 8.42. The second kappa shape index (κ2) is 6.21. The first-order chi connectivity index (χ1) is 13.2. The number of hydrogen-bond donors (Lipinski definition) is 0. The standard InChI is InChI=1S/C20H14N4O2S/c1-24-16(23-14-8-4-2-6-12(14)20(24)25)10-27-19-18-17(21-11-22-19)13-7-3-5-9-15(13)26-18/h2-9,11H,10H2,1H3. The maximum atomic E-state index is 12.6. The number of hydrogen-bond acceptors (Lipinski definition) is 6. The van der Waals surface area contributed by atoms with Crippen molar-refractivity contribution in [1.29, 1.82) is 0 Å². The quantitative estimate of drug-likeness (QED) is 0.352. The molecule has 0 spiro atoms. The number of fused-ring (bicyclic) bond motifs is 4. The lowest BCUT2D eigenvalue weighted by Crippen LogP contribution is -2.21. The van der Waals surface area contributed by atoms with Crippen LogP contribution in [-0.4, -0.2) is 19.5 Å². The van der Waals surface area contributed by atoms with E-state index in [1.165, 1.54) is 11.8 Å². The summed E-state index contributed by atoms with van der Waals surface area (Å²) in [5.41, 5.74) is 2.89. The third-order valence-electron chi connectivity index (χ3n) is 4.54. The van der Waals surface area contributed by atoms with Crippen molar-refractivity contribution in [3.05, 3.63) is 71.0 Å². The van der Waals surface area contributed by atoms with Gasteiger partial charge < -0.3 is 4.42 Å². The van der Waals surface area contributed by atoms with Gasteiger partial charge in [-0.3, -0.25) is 9.36 Å². The summed E-state index contributed by atoms with van der Waals surface area (Å²) in [5, 5.41) is 2.32. The van der Waals surface area contributed by atoms with Crippen LogP contribution in [-0.2, 0) is 12.8 Å². The number of furan rings is 1. The summed E-state index contributed by atoms with van der Waals surface area (Å²) in [6.45, 7) is 0. The molecule has 0 N–H and O–H groups in total. The van der Waals surface area contributed by atoms with E-state index in [0.29, 0.717) is 28.1 Å². The van der Waals surface area contributed by atoms with Gasteiger partial charge in [0.2, 0.25) is 0 Å². The highest BCUT2D eigenvalue weighted by molar-refractivity contribution is 7.98. The molecule has 0 unspecified atom stereocenters. The highest BCUT2D eigenvalue weighted by Gasteiger charge is 2.15. The van der Waals surface area contributed by atoms with Crippen molar-refractivity contribution >= 4 is 44.7 Å². The van der Waals surface area contributed by atoms with Gasteiger partial charge in [0.1, 0.15) is 28.3 Å². The molecule has 132 valence electrons. The molecule has 0 aliphatic carbocycles. The zero-order valence-corrected chi connectivity index (χ0v) is 15.2. The number of nitrogens with zero attached hydrogens (tertiary/aromatic N) is 4. The molecule has 2 aromatic carbocycles. The minimum atomic E-state index is -0.0484. The minimum Gasteiger partial charge on any atom is -0.451 e. The topological polar surface area (TPSA) is 73.8 Å². The van der Waals surface area contributed by atoms with Crippen molar-refractivity contribution in [1.82, 2.24) is 19.5 Å². The van der Waals surface area contributed by atoms with E-state index in [9.17, 15) is 4.79 Å². The Labute approximate surface area is 157 Å². The second-order valence-electron chi connectivity index (χ2n) is 6.15. The Morgan fingerprint density at radius 1 is 1.04 bits per heavy atom. The molecule has 0 saturated carbocycles. The van der Waals surface area contributed by atoms with Gasteiger partial charge >= 0.3 is 0 Å². The Morgan fingerprint density at radius 3 is 2.70 bits per heavy atom. The zero-order chi connectivity index (χ0) is 18.4. The van der Waals surface area contributed by atoms with E-state index in [4.69, 9.17) is 4.42 Å². The Bertz CT molecular complexity index is 1370. The van der Waals surface area contributed by atoms with E-state index in [0.717, 1.165) is 21.5 Å². The van der Waals surface area contributed by atoms with Crippen LogP contribution in [0.3, 0.4) is 0 Å². The molecule has 0 aliphatic heterocycles. The molecule has 3 heterocycles. The highest BCUT2D eigenvalue weighted by atomic mass is 32.2. The maximum absolute atomic E-state index is 12.6. The summed E-state index contributed by atoms with van der Waals surface area (Å²) in [4.78, 5) is 25.9. The molecule has 0 atom stereocenters. The monoisotopic (exact) mass is 374 g/mol. The van der Waals surface area contributed by atoms with Crippen LogP contribution in [0.2, 0.25) is 0 Å². The van der Waals surface area contributed by atoms with Crippen molar-refractivity contribution in [2.75, 3.05) is 0 Å². The molecule has 0 amide bonds. The summed E-state index contributed by atoms with van der Waals surface area (Å²) >= 11 is 1.48. The fourth-order valence-electron chi connectivity index (χ4n) is 3.13. The predicted molar refractivity (Wildman–Crippen MR) is 106 cm³/mol. The molecule has 27 heavy (non-hydrogen) atoms. The van der Waals surface area contributed by atoms with Crippen molar-refractivity contribution in [2.45, 2.75) is 10.8 Å². The van der Waals surface area contributed by atoms with E-state index in [-0.39, 0.29) is 5.56 Å². The van der Waals surface area contributed by atoms with Crippen molar-refractivity contribution in [3.8, 4) is 0 Å². The smallest absolute Gasteiger partial charge is 0.261 e. The summed E-state index contributed by atoms with van der Waals surface area (Å²) in [6, 6.07) is 15.2. The molecule has 0 radical (unpaired) electrons. The fraction of sp³-hybridized carbons (Fsp3) is 0.100. The van der Waals surface area contributed by atoms with Crippen LogP contribution in [0.15, 0.2) is 69.1 Å². The fourth-order valence-corrected chi connectivity index (χ4v) is 4.05. The van der Waals surface area contributed by atoms with Crippen LogP contribution in [0.4, 0.5) is 0 Å². The first-order valence-corrected chi connectivity index (χ1v) is 9.40. The summed E-state index contributed by atoms with van der Waals surface area (Å²) in [6.07, 6.45) is 1.54. The SMILES string of the molecule is Cn1c(CSc2ncnc3c2oc2ccccc23)nc2ccccc2c1=O. The lowest BCUT2D eigenvalue weighted by Gasteiger charge is -2.08. The number of rotatable bonds is 3. The van der Waals surface area contributed by atoms with Gasteiger partial charge in [0.15, 0.2) is 5.58 Å². The lowest BCUT2D eigenvalue weighted by molar-refractivity contribution is 0.653. The highest BCUT2D eigenvalue weighted by Crippen LogP contribution is 2.33. The van der Waals surface area contributed by atoms with E-state index < -0.39 is 0 Å². The predicted octanol–water partition coefficient (Wildman–Crippen LogP) is 3.92. The average molecular weight is 374 g/mol. The van der Waals surface area contributed by atoms with Gasteiger partial charge in [-0.05, 0) is 24.3 Å². The molecule has 7 heteroatoms. The molecule has 6 nitrogen and oxygen atoms in total. The van der Waals surface area contributed by atoms with Crippen molar-refractivity contribution in [3.63, 3.8) is 0 Å². The van der Waals surface area contributed by atoms with Crippen LogP contribution in [0.1, 0.15) is 5.82 Å². The largest absolute Gasteiger partial charge is 0.451 e. The molecule has 0 saturated heterocycles. The van der Waals surface area contributed by atoms with Crippen LogP contribution < -0.4 is 5.56 Å². The molecular weight excluding hydrogens is 360 g/mol. The van der Waals surface area contributed by atoms with Crippen LogP contribution in [0.25, 0.3) is 33.0 Å². The van der Waals surface area contributed by atoms with Gasteiger partial charge in [-0.2, -0.15) is 0 Å². The molecule has 0 aliphatic rings. The van der Waals surface area contributed by atoms with Gasteiger partial charge in [0.05, 0.1) is 16.7 Å². The maximum Gasteiger partial charge on any atom is 0.261 e. The molecular formula is C20H14N4O2S. The van der Waals surface area contributed by atoms with Crippen molar-refractivity contribution < 1.29 is 4.42 Å². The summed E-state index contributed by atoms with van der Waals surface area (Å²) in [5.74, 6) is 1.19. The first kappa shape index (κ1) is 16.0. The van der Waals surface area contributed by atoms with E-state index in [2.05, 4.69) is 15.0 Å². The minimum absolute atomic E-state index is 0.0484. The van der Waals surface area contributed by atoms with Crippen LogP contribution in [0.5, 0.6) is 0 Å². The van der Waals surface area contributed by atoms with Gasteiger partial charge in [-0.15, -0.1) is 0 Å². The second-order valence-corrected chi connectivity index (χ2v) is 7.12. The molecule has 0 fully saturated rings. The van der Waals surface area contributed by atoms with E-state index >= 15 is 0 Å². The van der Waals surface area contributed by atoms with Gasteiger partial charge in [-0.1, -0.05) is 36.0 Å². The Balaban J connectivity index is 1.56. The Kier molecular flexibility index (Phi) is 3.68. The normalized spacial score (nSPS) is 11.6. The summed E-state index contributed by atoms with van der Waals surface area (Å²) in [7, 11) is 1.74. The average Bonchev–Trinajstić information content (AvgIpc) is 3.09. The number of thioether (sulfide) groups is 1. The van der Waals surface area contributed by atoms with Crippen molar-refractivity contribution in [2.24, 2.45) is 7.05 Å². The Hall–Kier alpha value is -3.19. The number of benzene rings is 2. The molecule has 5 rings (SSSR count). The Morgan fingerprint density at radius 2 is 1.81 bits per heavy atom. The van der Waals surface area contributed by atoms with E-state index in [1.54, 1.807) is 24.0 Å². The summed E-state index contributed by atoms with van der Waals surface area (Å²) < 4.78 is 7.55. The third-order valence-corrected chi connectivity index (χ3v) is 5.51. The van der Waals surface area contributed by atoms with E-state index in [1.807, 2.05) is 42.5 Å². The lowest BCUT2D eigenvalue weighted by atomic mass is 10.2. The van der Waals surface area contributed by atoms with Crippen LogP contribution >= 0.6 is 11.8 Å². The van der Waals surface area contributed by atoms with Gasteiger partial charge in [0, 0.05) is 12.4 Å². The third kappa shape index (κ3) is 2.59. The van der Waals surface area contributed by atoms with Gasteiger partial charge in [-0.25, -0.2) is 15.0 Å². The zero-order valence-electron chi connectivity index (χ0n) is 14.4.